The second-order valence-corrected chi connectivity index (χ2v) is 2.05. The minimum atomic E-state index is -1.26. The van der Waals surface area contributed by atoms with Gasteiger partial charge in [0.15, 0.2) is 0 Å². The van der Waals surface area contributed by atoms with Gasteiger partial charge < -0.3 is 30.4 Å². The Labute approximate surface area is 78.0 Å². The number of hydrogen-bond acceptors (Lipinski definition) is 4. The molecule has 13 heavy (non-hydrogen) atoms. The summed E-state index contributed by atoms with van der Waals surface area (Å²) >= 11 is 0. The van der Waals surface area contributed by atoms with Crippen LogP contribution in [0.4, 0.5) is 4.79 Å². The van der Waals surface area contributed by atoms with Crippen LogP contribution in [0, 0.1) is 0 Å². The third kappa shape index (κ3) is 24.7. The van der Waals surface area contributed by atoms with E-state index < -0.39 is 6.09 Å². The summed E-state index contributed by atoms with van der Waals surface area (Å²) in [6, 6.07) is 0. The number of carbonyl (C=O) groups excluding carboxylic acids is 1. The Morgan fingerprint density at radius 3 is 2.15 bits per heavy atom. The van der Waals surface area contributed by atoms with E-state index in [1.54, 1.807) is 7.11 Å². The number of quaternary nitrogens is 1. The van der Waals surface area contributed by atoms with E-state index in [0.717, 1.165) is 13.2 Å². The van der Waals surface area contributed by atoms with Gasteiger partial charge in [-0.2, -0.15) is 0 Å². The van der Waals surface area contributed by atoms with Gasteiger partial charge in [-0.15, -0.1) is 0 Å². The highest BCUT2D eigenvalue weighted by molar-refractivity contribution is 5.61. The first kappa shape index (κ1) is 14.7. The number of nitrogens with one attached hydrogen (secondary N) is 1. The lowest BCUT2D eigenvalue weighted by Crippen LogP contribution is -2.52. The normalized spacial score (nSPS) is 8.54. The summed E-state index contributed by atoms with van der Waals surface area (Å²) in [5.74, 6) is 0. The van der Waals surface area contributed by atoms with Gasteiger partial charge in [0.2, 0.25) is 0 Å². The lowest BCUT2D eigenvalue weighted by molar-refractivity contribution is -0.373. The summed E-state index contributed by atoms with van der Waals surface area (Å²) in [6.07, 6.45) is -1.26. The molecule has 0 aliphatic rings. The summed E-state index contributed by atoms with van der Waals surface area (Å²) in [6.45, 7) is 2.32. The van der Waals surface area contributed by atoms with Gasteiger partial charge in [-0.25, -0.2) is 0 Å². The molecule has 6 nitrogen and oxygen atoms in total. The number of ether oxygens (including phenoxy) is 2. The number of rotatable bonds is 5. The standard InChI is InChI=1S/C4H9NO3.C3H9NO/c1-8-3-2-5-4(6)7;1-5-3-2-4/h5H,2-3H2,1H3,(H,6,7);2-4H2,1H3. The van der Waals surface area contributed by atoms with E-state index in [1.165, 1.54) is 7.11 Å². The van der Waals surface area contributed by atoms with Gasteiger partial charge >= 0.3 is 0 Å². The van der Waals surface area contributed by atoms with E-state index >= 15 is 0 Å². The molecule has 4 N–H and O–H groups in total. The lowest BCUT2D eigenvalue weighted by atomic mass is 10.7. The summed E-state index contributed by atoms with van der Waals surface area (Å²) in [4.78, 5) is 9.60. The monoisotopic (exact) mass is 194 g/mol. The molecule has 0 spiro atoms. The highest BCUT2D eigenvalue weighted by Gasteiger charge is 1.80. The van der Waals surface area contributed by atoms with Gasteiger partial charge in [0, 0.05) is 20.8 Å². The molecule has 0 aromatic heterocycles. The van der Waals surface area contributed by atoms with E-state index in [4.69, 9.17) is 0 Å². The maximum atomic E-state index is 9.60. The molecule has 0 aromatic rings. The van der Waals surface area contributed by atoms with Crippen LogP contribution in [-0.4, -0.2) is 46.6 Å². The summed E-state index contributed by atoms with van der Waals surface area (Å²) in [5, 5.41) is 11.6. The molecular formula is C7H18N2O4. The maximum Gasteiger partial charge on any atom is 0.134 e. The third-order valence-electron chi connectivity index (χ3n) is 0.924. The van der Waals surface area contributed by atoms with Crippen molar-refractivity contribution in [2.24, 2.45) is 0 Å². The van der Waals surface area contributed by atoms with Crippen molar-refractivity contribution in [1.82, 2.24) is 5.32 Å². The van der Waals surface area contributed by atoms with Crippen LogP contribution < -0.4 is 16.2 Å². The third-order valence-corrected chi connectivity index (χ3v) is 0.924. The van der Waals surface area contributed by atoms with Crippen LogP contribution in [0.1, 0.15) is 0 Å². The predicted octanol–water partition coefficient (Wildman–Crippen LogP) is -2.56. The van der Waals surface area contributed by atoms with Crippen LogP contribution in [0.3, 0.4) is 0 Å². The van der Waals surface area contributed by atoms with E-state index in [9.17, 15) is 9.90 Å². The number of methoxy groups -OCH3 is 2. The first-order valence-electron chi connectivity index (χ1n) is 3.91. The van der Waals surface area contributed by atoms with Gasteiger partial charge in [-0.1, -0.05) is 0 Å². The van der Waals surface area contributed by atoms with Crippen molar-refractivity contribution in [2.75, 3.05) is 40.5 Å². The topological polar surface area (TPSA) is 98.3 Å². The van der Waals surface area contributed by atoms with Crippen LogP contribution in [-0.2, 0) is 9.47 Å². The molecule has 0 aliphatic heterocycles. The Morgan fingerprint density at radius 1 is 1.38 bits per heavy atom. The van der Waals surface area contributed by atoms with E-state index in [0.29, 0.717) is 13.2 Å². The SMILES string of the molecule is COCCNC(=O)[O-].COCC[NH3+]. The van der Waals surface area contributed by atoms with Crippen LogP contribution in [0.2, 0.25) is 0 Å². The van der Waals surface area contributed by atoms with E-state index in [1.807, 2.05) is 5.32 Å². The van der Waals surface area contributed by atoms with Crippen LogP contribution in [0.25, 0.3) is 0 Å². The molecular weight excluding hydrogens is 176 g/mol. The molecule has 0 saturated carbocycles. The summed E-state index contributed by atoms with van der Waals surface area (Å²) in [7, 11) is 3.17. The Kier molecular flexibility index (Phi) is 15.5. The molecule has 0 aromatic carbocycles. The Bertz CT molecular complexity index is 109. The largest absolute Gasteiger partial charge is 0.530 e. The molecule has 0 radical (unpaired) electrons. The highest BCUT2D eigenvalue weighted by atomic mass is 16.5. The zero-order chi connectivity index (χ0) is 10.5. The van der Waals surface area contributed by atoms with Gasteiger partial charge in [-0.05, 0) is 0 Å². The minimum absolute atomic E-state index is 0.291. The zero-order valence-electron chi connectivity index (χ0n) is 8.17. The van der Waals surface area contributed by atoms with Crippen molar-refractivity contribution in [3.8, 4) is 0 Å². The summed E-state index contributed by atoms with van der Waals surface area (Å²) < 4.78 is 9.17. The fourth-order valence-corrected chi connectivity index (χ4v) is 0.399. The van der Waals surface area contributed by atoms with Crippen molar-refractivity contribution >= 4 is 6.09 Å². The van der Waals surface area contributed by atoms with Crippen LogP contribution in [0.15, 0.2) is 0 Å². The summed E-state index contributed by atoms with van der Waals surface area (Å²) in [5.41, 5.74) is 3.55. The van der Waals surface area contributed by atoms with E-state index in [2.05, 4.69) is 15.2 Å². The quantitative estimate of drug-likeness (QED) is 0.470. The van der Waals surface area contributed by atoms with Crippen molar-refractivity contribution in [1.29, 1.82) is 0 Å². The zero-order valence-corrected chi connectivity index (χ0v) is 8.17. The number of hydrogen-bond donors (Lipinski definition) is 2. The van der Waals surface area contributed by atoms with Crippen molar-refractivity contribution < 1.29 is 25.1 Å². The van der Waals surface area contributed by atoms with E-state index in [-0.39, 0.29) is 0 Å². The first-order chi connectivity index (χ1) is 6.18. The first-order valence-corrected chi connectivity index (χ1v) is 3.91. The molecule has 0 aliphatic carbocycles. The average Bonchev–Trinajstić information content (AvgIpc) is 2.07. The molecule has 80 valence electrons. The second kappa shape index (κ2) is 13.7. The van der Waals surface area contributed by atoms with Gasteiger partial charge in [0.05, 0.1) is 19.8 Å². The molecule has 0 unspecified atom stereocenters. The molecule has 0 heterocycles. The van der Waals surface area contributed by atoms with Crippen molar-refractivity contribution in [3.05, 3.63) is 0 Å². The molecule has 0 fully saturated rings. The lowest BCUT2D eigenvalue weighted by Gasteiger charge is -2.03. The number of amides is 1. The van der Waals surface area contributed by atoms with Gasteiger partial charge in [0.1, 0.15) is 6.09 Å². The second-order valence-electron chi connectivity index (χ2n) is 2.05. The Balaban J connectivity index is 0. The number of carboxylic acid groups (broad SMARTS) is 1. The maximum absolute atomic E-state index is 9.60. The van der Waals surface area contributed by atoms with Crippen LogP contribution >= 0.6 is 0 Å². The van der Waals surface area contributed by atoms with Crippen molar-refractivity contribution in [3.63, 3.8) is 0 Å². The van der Waals surface area contributed by atoms with Crippen molar-refractivity contribution in [2.45, 2.75) is 0 Å². The number of carbonyl (C=O) groups is 1. The molecule has 0 saturated heterocycles. The molecule has 0 bridgehead atoms. The fourth-order valence-electron chi connectivity index (χ4n) is 0.399. The highest BCUT2D eigenvalue weighted by Crippen LogP contribution is 1.61. The van der Waals surface area contributed by atoms with Crippen LogP contribution in [0.5, 0.6) is 0 Å². The Morgan fingerprint density at radius 2 is 1.92 bits per heavy atom. The fraction of sp³-hybridized carbons (Fsp3) is 0.857. The predicted molar refractivity (Wildman–Crippen MR) is 44.9 cm³/mol. The molecule has 0 rings (SSSR count). The average molecular weight is 194 g/mol. The molecule has 0 atom stereocenters. The van der Waals surface area contributed by atoms with Gasteiger partial charge in [-0.3, -0.25) is 0 Å². The Hall–Kier alpha value is -0.850. The van der Waals surface area contributed by atoms with Gasteiger partial charge in [0.25, 0.3) is 0 Å². The molecule has 6 heteroatoms. The smallest absolute Gasteiger partial charge is 0.134 e. The minimum Gasteiger partial charge on any atom is -0.530 e. The molecule has 1 amide bonds.